The molecule has 0 unspecified atom stereocenters. The molecule has 2 aliphatic rings. The minimum absolute atomic E-state index is 0.169. The normalized spacial score (nSPS) is 30.8. The zero-order valence-corrected chi connectivity index (χ0v) is 22.2. The lowest BCUT2D eigenvalue weighted by atomic mass is 9.87. The molecular formula is C28H40O6Si. The zero-order chi connectivity index (χ0) is 25.2. The molecule has 7 atom stereocenters. The van der Waals surface area contributed by atoms with E-state index in [2.05, 4.69) is 69.3 Å². The molecule has 2 aliphatic heterocycles. The summed E-state index contributed by atoms with van der Waals surface area (Å²) in [6.45, 7) is 9.43. The van der Waals surface area contributed by atoms with Gasteiger partial charge in [-0.2, -0.15) is 0 Å². The van der Waals surface area contributed by atoms with E-state index in [-0.39, 0.29) is 11.0 Å². The fourth-order valence-electron chi connectivity index (χ4n) is 5.69. The smallest absolute Gasteiger partial charge is 0.261 e. The average Bonchev–Trinajstić information content (AvgIpc) is 3.03. The van der Waals surface area contributed by atoms with Crippen molar-refractivity contribution in [2.24, 2.45) is 5.92 Å². The topological polar surface area (TPSA) is 88.4 Å². The zero-order valence-electron chi connectivity index (χ0n) is 21.2. The molecule has 3 N–H and O–H groups in total. The first-order valence-electron chi connectivity index (χ1n) is 12.7. The van der Waals surface area contributed by atoms with E-state index in [0.717, 1.165) is 0 Å². The second kappa shape index (κ2) is 10.8. The predicted octanol–water partition coefficient (Wildman–Crippen LogP) is 2.23. The van der Waals surface area contributed by atoms with Gasteiger partial charge in [0.15, 0.2) is 0 Å². The van der Waals surface area contributed by atoms with Crippen molar-refractivity contribution in [2.45, 2.75) is 82.2 Å². The second-order valence-corrected chi connectivity index (χ2v) is 15.3. The van der Waals surface area contributed by atoms with E-state index in [1.165, 1.54) is 10.4 Å². The molecule has 2 saturated heterocycles. The lowest BCUT2D eigenvalue weighted by Gasteiger charge is -2.47. The minimum Gasteiger partial charge on any atom is -0.407 e. The first kappa shape index (κ1) is 26.5. The highest BCUT2D eigenvalue weighted by atomic mass is 28.4. The molecule has 0 aromatic heterocycles. The van der Waals surface area contributed by atoms with E-state index < -0.39 is 44.9 Å². The number of hydrogen-bond acceptors (Lipinski definition) is 6. The molecule has 192 valence electrons. The maximum absolute atomic E-state index is 11.0. The van der Waals surface area contributed by atoms with Crippen LogP contribution in [0.4, 0.5) is 0 Å². The summed E-state index contributed by atoms with van der Waals surface area (Å²) in [6.07, 6.45) is -3.83. The summed E-state index contributed by atoms with van der Waals surface area (Å²) < 4.78 is 19.0. The van der Waals surface area contributed by atoms with Crippen LogP contribution in [0.2, 0.25) is 5.04 Å². The van der Waals surface area contributed by atoms with Gasteiger partial charge in [-0.05, 0) is 28.3 Å². The Bertz CT molecular complexity index is 894. The molecule has 0 amide bonds. The molecule has 0 saturated carbocycles. The van der Waals surface area contributed by atoms with Crippen molar-refractivity contribution in [3.05, 3.63) is 60.7 Å². The van der Waals surface area contributed by atoms with Crippen LogP contribution in [0.5, 0.6) is 0 Å². The Morgan fingerprint density at radius 1 is 0.914 bits per heavy atom. The van der Waals surface area contributed by atoms with Gasteiger partial charge in [-0.25, -0.2) is 0 Å². The van der Waals surface area contributed by atoms with Crippen LogP contribution in [0.15, 0.2) is 60.7 Å². The number of aliphatic hydroxyl groups excluding tert-OH is 3. The molecule has 2 heterocycles. The fraction of sp³-hybridized carbons (Fsp3) is 0.571. The van der Waals surface area contributed by atoms with Crippen LogP contribution in [0.3, 0.4) is 0 Å². The number of benzene rings is 2. The van der Waals surface area contributed by atoms with E-state index in [0.29, 0.717) is 26.1 Å². The standard InChI is InChI=1S/C28H40O6Si/c1-19(25-23(30)24(31)27-26(34-25)22(29)16-11-17-32-27)18-33-35(28(2,3)4,20-12-7-5-8-13-20)21-14-9-6-10-15-21/h5-10,12-15,19,22-27,29-31H,11,16-18H2,1-4H3/t19-,22-,23-,24+,25+,26-,27+/m1/s1. The second-order valence-electron chi connectivity index (χ2n) is 11.0. The van der Waals surface area contributed by atoms with Gasteiger partial charge in [0.25, 0.3) is 8.32 Å². The van der Waals surface area contributed by atoms with Crippen LogP contribution >= 0.6 is 0 Å². The Morgan fingerprint density at radius 3 is 2.03 bits per heavy atom. The maximum Gasteiger partial charge on any atom is 0.261 e. The van der Waals surface area contributed by atoms with Gasteiger partial charge < -0.3 is 29.2 Å². The number of rotatable bonds is 6. The van der Waals surface area contributed by atoms with Gasteiger partial charge in [-0.15, -0.1) is 0 Å². The summed E-state index contributed by atoms with van der Waals surface area (Å²) in [5, 5.41) is 34.6. The van der Waals surface area contributed by atoms with E-state index in [4.69, 9.17) is 13.9 Å². The van der Waals surface area contributed by atoms with Gasteiger partial charge in [0, 0.05) is 19.1 Å². The van der Waals surface area contributed by atoms with Gasteiger partial charge in [-0.3, -0.25) is 0 Å². The molecule has 7 heteroatoms. The SMILES string of the molecule is C[C@H](CO[Si](c1ccccc1)(c1ccccc1)C(C)(C)C)[C@@H]1O[C@H]2[C@@H](OCCC[C@H]2O)[C@@H](O)[C@H]1O. The van der Waals surface area contributed by atoms with E-state index in [9.17, 15) is 15.3 Å². The number of hydrogen-bond donors (Lipinski definition) is 3. The van der Waals surface area contributed by atoms with Crippen molar-refractivity contribution in [1.29, 1.82) is 0 Å². The predicted molar refractivity (Wildman–Crippen MR) is 138 cm³/mol. The highest BCUT2D eigenvalue weighted by Crippen LogP contribution is 2.38. The number of fused-ring (bicyclic) bond motifs is 1. The average molecular weight is 501 g/mol. The van der Waals surface area contributed by atoms with Crippen molar-refractivity contribution in [3.8, 4) is 0 Å². The van der Waals surface area contributed by atoms with Crippen LogP contribution in [0.25, 0.3) is 0 Å². The quantitative estimate of drug-likeness (QED) is 0.528. The molecule has 0 bridgehead atoms. The van der Waals surface area contributed by atoms with Crippen molar-refractivity contribution in [2.75, 3.05) is 13.2 Å². The lowest BCUT2D eigenvalue weighted by molar-refractivity contribution is -0.258. The highest BCUT2D eigenvalue weighted by molar-refractivity contribution is 6.99. The summed E-state index contributed by atoms with van der Waals surface area (Å²) in [4.78, 5) is 0. The Hall–Kier alpha value is -1.58. The molecule has 2 aromatic carbocycles. The number of aliphatic hydroxyl groups is 3. The van der Waals surface area contributed by atoms with Gasteiger partial charge in [-0.1, -0.05) is 88.4 Å². The third kappa shape index (κ3) is 5.14. The minimum atomic E-state index is -2.74. The lowest BCUT2D eigenvalue weighted by Crippen LogP contribution is -2.67. The van der Waals surface area contributed by atoms with Crippen molar-refractivity contribution in [3.63, 3.8) is 0 Å². The first-order chi connectivity index (χ1) is 16.7. The first-order valence-corrected chi connectivity index (χ1v) is 14.6. The molecule has 4 rings (SSSR count). The van der Waals surface area contributed by atoms with Crippen molar-refractivity contribution in [1.82, 2.24) is 0 Å². The van der Waals surface area contributed by atoms with Gasteiger partial charge in [0.05, 0.1) is 12.2 Å². The molecule has 0 spiro atoms. The Labute approximate surface area is 210 Å². The van der Waals surface area contributed by atoms with Crippen molar-refractivity contribution >= 4 is 18.7 Å². The van der Waals surface area contributed by atoms with E-state index in [1.807, 2.05) is 19.1 Å². The van der Waals surface area contributed by atoms with Gasteiger partial charge >= 0.3 is 0 Å². The molecular weight excluding hydrogens is 460 g/mol. The summed E-state index contributed by atoms with van der Waals surface area (Å²) in [5.41, 5.74) is 0. The fourth-order valence-corrected chi connectivity index (χ4v) is 10.4. The molecule has 0 radical (unpaired) electrons. The van der Waals surface area contributed by atoms with Gasteiger partial charge in [0.1, 0.15) is 24.4 Å². The third-order valence-electron chi connectivity index (χ3n) is 7.54. The number of ether oxygens (including phenoxy) is 2. The van der Waals surface area contributed by atoms with E-state index >= 15 is 0 Å². The Balaban J connectivity index is 1.63. The molecule has 2 aromatic rings. The molecule has 0 aliphatic carbocycles. The molecule has 2 fully saturated rings. The third-order valence-corrected chi connectivity index (χ3v) is 12.5. The summed E-state index contributed by atoms with van der Waals surface area (Å²) in [6, 6.07) is 20.8. The monoisotopic (exact) mass is 500 g/mol. The maximum atomic E-state index is 11.0. The van der Waals surface area contributed by atoms with Crippen LogP contribution in [-0.2, 0) is 13.9 Å². The van der Waals surface area contributed by atoms with Crippen LogP contribution in [-0.4, -0.2) is 73.5 Å². The summed E-state index contributed by atoms with van der Waals surface area (Å²) in [5.74, 6) is -0.224. The van der Waals surface area contributed by atoms with Gasteiger partial charge in [0.2, 0.25) is 0 Å². The summed E-state index contributed by atoms with van der Waals surface area (Å²) in [7, 11) is -2.74. The Morgan fingerprint density at radius 2 is 1.49 bits per heavy atom. The highest BCUT2D eigenvalue weighted by Gasteiger charge is 2.53. The van der Waals surface area contributed by atoms with Crippen LogP contribution in [0.1, 0.15) is 40.5 Å². The van der Waals surface area contributed by atoms with Crippen molar-refractivity contribution < 1.29 is 29.2 Å². The molecule has 6 nitrogen and oxygen atoms in total. The van der Waals surface area contributed by atoms with E-state index in [1.54, 1.807) is 0 Å². The molecule has 35 heavy (non-hydrogen) atoms. The van der Waals surface area contributed by atoms with Crippen LogP contribution in [0, 0.1) is 5.92 Å². The Kier molecular flexibility index (Phi) is 8.17. The largest absolute Gasteiger partial charge is 0.407 e. The van der Waals surface area contributed by atoms with Crippen LogP contribution < -0.4 is 10.4 Å². The summed E-state index contributed by atoms with van der Waals surface area (Å²) >= 11 is 0.